The van der Waals surface area contributed by atoms with E-state index in [2.05, 4.69) is 0 Å². The molecule has 0 bridgehead atoms. The topological polar surface area (TPSA) is 59.3 Å². The summed E-state index contributed by atoms with van der Waals surface area (Å²) in [6.45, 7) is 1.07. The zero-order chi connectivity index (χ0) is 15.6. The van der Waals surface area contributed by atoms with Gasteiger partial charge in [0.25, 0.3) is 0 Å². The number of nitriles is 1. The fourth-order valence-corrected chi connectivity index (χ4v) is 1.74. The molecule has 0 amide bonds. The molecular weight excluding hydrogens is 275 g/mol. The molecule has 1 aromatic rings. The van der Waals surface area contributed by atoms with Crippen LogP contribution in [0.15, 0.2) is 18.2 Å². The van der Waals surface area contributed by atoms with Gasteiger partial charge in [0.1, 0.15) is 11.8 Å². The standard InChI is InChI=1S/C13H12F3NO3/c1-8(18)12(7-17,20-3)9-4-10(13(14,15)16)6-11(5-9)19-2/h4-6H,1-3H3. The summed E-state index contributed by atoms with van der Waals surface area (Å²) in [6, 6.07) is 4.27. The van der Waals surface area contributed by atoms with Crippen LogP contribution in [0.25, 0.3) is 0 Å². The van der Waals surface area contributed by atoms with E-state index in [-0.39, 0.29) is 11.3 Å². The predicted molar refractivity (Wildman–Crippen MR) is 63.0 cm³/mol. The summed E-state index contributed by atoms with van der Waals surface area (Å²) in [5.41, 5.74) is -3.33. The van der Waals surface area contributed by atoms with E-state index in [0.29, 0.717) is 6.07 Å². The second-order valence-electron chi connectivity index (χ2n) is 4.00. The number of hydrogen-bond acceptors (Lipinski definition) is 4. The Bertz CT molecular complexity index is 563. The van der Waals surface area contributed by atoms with Crippen LogP contribution in [0.1, 0.15) is 18.1 Å². The fraction of sp³-hybridized carbons (Fsp3) is 0.385. The Hall–Kier alpha value is -2.07. The predicted octanol–water partition coefficient (Wildman–Crippen LogP) is 2.67. The van der Waals surface area contributed by atoms with Crippen molar-refractivity contribution in [1.82, 2.24) is 0 Å². The van der Waals surface area contributed by atoms with Crippen LogP contribution in [-0.4, -0.2) is 20.0 Å². The number of carbonyl (C=O) groups is 1. The van der Waals surface area contributed by atoms with Crippen molar-refractivity contribution in [2.75, 3.05) is 14.2 Å². The average Bonchev–Trinajstić information content (AvgIpc) is 2.39. The van der Waals surface area contributed by atoms with Gasteiger partial charge in [-0.1, -0.05) is 0 Å². The van der Waals surface area contributed by atoms with Crippen LogP contribution in [0, 0.1) is 11.3 Å². The summed E-state index contributed by atoms with van der Waals surface area (Å²) in [4.78, 5) is 11.6. The van der Waals surface area contributed by atoms with Crippen LogP contribution in [0.5, 0.6) is 5.75 Å². The number of benzene rings is 1. The first-order valence-corrected chi connectivity index (χ1v) is 5.45. The molecule has 0 N–H and O–H groups in total. The summed E-state index contributed by atoms with van der Waals surface area (Å²) < 4.78 is 48.1. The molecule has 1 atom stereocenters. The van der Waals surface area contributed by atoms with Gasteiger partial charge in [0.2, 0.25) is 5.60 Å². The molecule has 0 aromatic heterocycles. The Morgan fingerprint density at radius 2 is 1.75 bits per heavy atom. The minimum absolute atomic E-state index is 0.118. The molecule has 0 saturated carbocycles. The molecule has 1 rings (SSSR count). The molecule has 0 fully saturated rings. The lowest BCUT2D eigenvalue weighted by atomic mass is 9.89. The molecule has 0 spiro atoms. The number of carbonyl (C=O) groups excluding carboxylic acids is 1. The van der Waals surface area contributed by atoms with Gasteiger partial charge in [-0.25, -0.2) is 0 Å². The summed E-state index contributed by atoms with van der Waals surface area (Å²) in [5, 5.41) is 9.14. The van der Waals surface area contributed by atoms with Gasteiger partial charge in [-0.15, -0.1) is 0 Å². The zero-order valence-corrected chi connectivity index (χ0v) is 11.0. The number of alkyl halides is 3. The third-order valence-corrected chi connectivity index (χ3v) is 2.84. The summed E-state index contributed by atoms with van der Waals surface area (Å²) >= 11 is 0. The van der Waals surface area contributed by atoms with Crippen molar-refractivity contribution in [2.24, 2.45) is 0 Å². The van der Waals surface area contributed by atoms with Crippen LogP contribution >= 0.6 is 0 Å². The highest BCUT2D eigenvalue weighted by Crippen LogP contribution is 2.36. The number of Topliss-reactive ketones (excluding diaryl/α,β-unsaturated/α-hetero) is 1. The van der Waals surface area contributed by atoms with Crippen LogP contribution < -0.4 is 4.74 Å². The Kier molecular flexibility index (Phi) is 4.40. The molecule has 0 aliphatic heterocycles. The van der Waals surface area contributed by atoms with Gasteiger partial charge < -0.3 is 9.47 Å². The fourth-order valence-electron chi connectivity index (χ4n) is 1.74. The normalized spacial score (nSPS) is 14.2. The van der Waals surface area contributed by atoms with E-state index in [9.17, 15) is 18.0 Å². The van der Waals surface area contributed by atoms with Gasteiger partial charge >= 0.3 is 6.18 Å². The Morgan fingerprint density at radius 1 is 1.20 bits per heavy atom. The van der Waals surface area contributed by atoms with Crippen molar-refractivity contribution in [2.45, 2.75) is 18.7 Å². The van der Waals surface area contributed by atoms with Gasteiger partial charge in [0.15, 0.2) is 5.78 Å². The smallest absolute Gasteiger partial charge is 0.416 e. The highest BCUT2D eigenvalue weighted by Gasteiger charge is 2.41. The van der Waals surface area contributed by atoms with Gasteiger partial charge in [-0.05, 0) is 25.1 Å². The molecule has 0 saturated heterocycles. The molecule has 0 aliphatic carbocycles. The zero-order valence-electron chi connectivity index (χ0n) is 11.0. The molecule has 0 radical (unpaired) electrons. The molecule has 0 aliphatic rings. The lowest BCUT2D eigenvalue weighted by Gasteiger charge is -2.24. The van der Waals surface area contributed by atoms with Crippen molar-refractivity contribution in [3.8, 4) is 11.8 Å². The van der Waals surface area contributed by atoms with Crippen molar-refractivity contribution in [3.05, 3.63) is 29.3 Å². The maximum atomic E-state index is 12.8. The molecule has 0 heterocycles. The third kappa shape index (κ3) is 2.75. The third-order valence-electron chi connectivity index (χ3n) is 2.84. The van der Waals surface area contributed by atoms with Crippen molar-refractivity contribution < 1.29 is 27.4 Å². The number of ether oxygens (including phenoxy) is 2. The van der Waals surface area contributed by atoms with Crippen molar-refractivity contribution >= 4 is 5.78 Å². The van der Waals surface area contributed by atoms with Crippen LogP contribution in [0.4, 0.5) is 13.2 Å². The second-order valence-corrected chi connectivity index (χ2v) is 4.00. The largest absolute Gasteiger partial charge is 0.497 e. The van der Waals surface area contributed by atoms with E-state index in [1.165, 1.54) is 13.2 Å². The number of ketones is 1. The van der Waals surface area contributed by atoms with E-state index in [4.69, 9.17) is 14.7 Å². The maximum absolute atomic E-state index is 12.8. The average molecular weight is 287 g/mol. The maximum Gasteiger partial charge on any atom is 0.416 e. The quantitative estimate of drug-likeness (QED) is 0.854. The number of rotatable bonds is 4. The van der Waals surface area contributed by atoms with E-state index >= 15 is 0 Å². The minimum Gasteiger partial charge on any atom is -0.497 e. The van der Waals surface area contributed by atoms with E-state index in [0.717, 1.165) is 20.1 Å². The van der Waals surface area contributed by atoms with Gasteiger partial charge in [0.05, 0.1) is 12.7 Å². The first kappa shape index (κ1) is 16.0. The molecule has 7 heteroatoms. The molecular formula is C13H12F3NO3. The summed E-state index contributed by atoms with van der Waals surface area (Å²) in [5.74, 6) is -0.836. The number of nitrogens with zero attached hydrogens (tertiary/aromatic N) is 1. The molecule has 1 unspecified atom stereocenters. The van der Waals surface area contributed by atoms with Gasteiger partial charge in [-0.3, -0.25) is 4.79 Å². The van der Waals surface area contributed by atoms with E-state index < -0.39 is 23.1 Å². The highest BCUT2D eigenvalue weighted by molar-refractivity contribution is 5.89. The van der Waals surface area contributed by atoms with Crippen LogP contribution in [0.3, 0.4) is 0 Å². The second kappa shape index (κ2) is 5.51. The minimum atomic E-state index is -4.63. The first-order valence-electron chi connectivity index (χ1n) is 5.45. The van der Waals surface area contributed by atoms with Crippen molar-refractivity contribution in [1.29, 1.82) is 5.26 Å². The van der Waals surface area contributed by atoms with Crippen LogP contribution in [-0.2, 0) is 21.3 Å². The monoisotopic (exact) mass is 287 g/mol. The lowest BCUT2D eigenvalue weighted by molar-refractivity contribution is -0.139. The van der Waals surface area contributed by atoms with Gasteiger partial charge in [-0.2, -0.15) is 18.4 Å². The highest BCUT2D eigenvalue weighted by atomic mass is 19.4. The summed E-state index contributed by atoms with van der Waals surface area (Å²) in [6.07, 6.45) is -4.63. The lowest BCUT2D eigenvalue weighted by Crippen LogP contribution is -2.35. The SMILES string of the molecule is COc1cc(C(F)(F)F)cc(C(C#N)(OC)C(C)=O)c1. The van der Waals surface area contributed by atoms with Crippen LogP contribution in [0.2, 0.25) is 0 Å². The van der Waals surface area contributed by atoms with E-state index in [1.807, 2.05) is 0 Å². The first-order chi connectivity index (χ1) is 9.21. The Morgan fingerprint density at radius 3 is 2.10 bits per heavy atom. The van der Waals surface area contributed by atoms with Crippen molar-refractivity contribution in [3.63, 3.8) is 0 Å². The Balaban J connectivity index is 3.60. The number of halogens is 3. The number of methoxy groups -OCH3 is 2. The molecule has 4 nitrogen and oxygen atoms in total. The van der Waals surface area contributed by atoms with E-state index in [1.54, 1.807) is 6.07 Å². The number of hydrogen-bond donors (Lipinski definition) is 0. The Labute approximate surface area is 113 Å². The molecule has 1 aromatic carbocycles. The summed E-state index contributed by atoms with van der Waals surface area (Å²) in [7, 11) is 2.27. The van der Waals surface area contributed by atoms with Gasteiger partial charge in [0, 0.05) is 12.7 Å². The molecule has 20 heavy (non-hydrogen) atoms. The molecule has 108 valence electrons.